The summed E-state index contributed by atoms with van der Waals surface area (Å²) in [5, 5.41) is 4.11. The van der Waals surface area contributed by atoms with E-state index in [1.807, 2.05) is 49.4 Å². The highest BCUT2D eigenvalue weighted by Crippen LogP contribution is 2.29. The molecule has 1 saturated heterocycles. The van der Waals surface area contributed by atoms with Gasteiger partial charge in [0.1, 0.15) is 23.5 Å². The minimum absolute atomic E-state index is 0.104. The van der Waals surface area contributed by atoms with Gasteiger partial charge in [0.2, 0.25) is 5.91 Å². The molecule has 0 aliphatic carbocycles. The summed E-state index contributed by atoms with van der Waals surface area (Å²) in [6.07, 6.45) is 3.93. The van der Waals surface area contributed by atoms with E-state index in [9.17, 15) is 4.79 Å². The van der Waals surface area contributed by atoms with Gasteiger partial charge >= 0.3 is 0 Å². The molecule has 0 saturated carbocycles. The van der Waals surface area contributed by atoms with Crippen LogP contribution in [0, 0.1) is 5.92 Å². The van der Waals surface area contributed by atoms with E-state index in [2.05, 4.69) is 10.3 Å². The molecule has 1 aliphatic rings. The summed E-state index contributed by atoms with van der Waals surface area (Å²) in [4.78, 5) is 16.8. The molecule has 1 aliphatic heterocycles. The smallest absolute Gasteiger partial charge is 0.250 e. The highest BCUT2D eigenvalue weighted by atomic mass is 16.5. The minimum Gasteiger partial charge on any atom is -0.459 e. The van der Waals surface area contributed by atoms with Crippen molar-refractivity contribution in [1.82, 2.24) is 10.3 Å². The van der Waals surface area contributed by atoms with Crippen LogP contribution in [0.4, 0.5) is 0 Å². The lowest BCUT2D eigenvalue weighted by Gasteiger charge is -2.21. The van der Waals surface area contributed by atoms with Crippen LogP contribution in [0.5, 0.6) is 0 Å². The number of benzene rings is 1. The molecular weight excluding hydrogens is 316 g/mol. The molecular formula is C20H20N2O3. The molecule has 1 amide bonds. The molecule has 1 aromatic carbocycles. The Morgan fingerprint density at radius 2 is 2.04 bits per heavy atom. The van der Waals surface area contributed by atoms with E-state index >= 15 is 0 Å². The molecule has 3 heterocycles. The van der Waals surface area contributed by atoms with E-state index in [0.717, 1.165) is 23.0 Å². The standard InChI is InChI=1S/C20H20N2O3/c1-13-8-11-24-19(13)20(23)22-18(14-6-9-21-10-7-14)17-12-15-4-2-3-5-16(15)25-17/h2-7,9-10,12-13,18-19H,8,11H2,1H3,(H,22,23). The van der Waals surface area contributed by atoms with Gasteiger partial charge in [0.05, 0.1) is 0 Å². The Hall–Kier alpha value is -2.66. The lowest BCUT2D eigenvalue weighted by atomic mass is 10.0. The van der Waals surface area contributed by atoms with E-state index in [1.54, 1.807) is 12.4 Å². The van der Waals surface area contributed by atoms with Crippen LogP contribution in [0.25, 0.3) is 11.0 Å². The molecule has 0 spiro atoms. The monoisotopic (exact) mass is 336 g/mol. The highest BCUT2D eigenvalue weighted by Gasteiger charge is 2.33. The number of para-hydroxylation sites is 1. The number of rotatable bonds is 4. The maximum absolute atomic E-state index is 12.7. The second-order valence-electron chi connectivity index (χ2n) is 6.47. The zero-order valence-electron chi connectivity index (χ0n) is 14.0. The number of pyridine rings is 1. The van der Waals surface area contributed by atoms with Crippen LogP contribution in [0.1, 0.15) is 30.7 Å². The van der Waals surface area contributed by atoms with Gasteiger partial charge in [-0.2, -0.15) is 0 Å². The van der Waals surface area contributed by atoms with Gasteiger partial charge in [0.15, 0.2) is 0 Å². The third-order valence-corrected chi connectivity index (χ3v) is 4.70. The van der Waals surface area contributed by atoms with Gasteiger partial charge in [-0.05, 0) is 42.2 Å². The molecule has 2 aromatic heterocycles. The molecule has 3 aromatic rings. The van der Waals surface area contributed by atoms with Crippen LogP contribution in [-0.2, 0) is 9.53 Å². The normalized spacial score (nSPS) is 21.3. The average molecular weight is 336 g/mol. The lowest BCUT2D eigenvalue weighted by molar-refractivity contribution is -0.132. The predicted molar refractivity (Wildman–Crippen MR) is 94.0 cm³/mol. The first-order chi connectivity index (χ1) is 12.2. The Balaban J connectivity index is 1.68. The van der Waals surface area contributed by atoms with E-state index in [4.69, 9.17) is 9.15 Å². The summed E-state index contributed by atoms with van der Waals surface area (Å²) >= 11 is 0. The van der Waals surface area contributed by atoms with E-state index in [-0.39, 0.29) is 17.9 Å². The molecule has 5 nitrogen and oxygen atoms in total. The Morgan fingerprint density at radius 3 is 2.76 bits per heavy atom. The molecule has 4 rings (SSSR count). The van der Waals surface area contributed by atoms with E-state index < -0.39 is 6.10 Å². The number of nitrogens with one attached hydrogen (secondary N) is 1. The molecule has 0 radical (unpaired) electrons. The number of ether oxygens (including phenoxy) is 1. The maximum Gasteiger partial charge on any atom is 0.250 e. The number of carbonyl (C=O) groups excluding carboxylic acids is 1. The van der Waals surface area contributed by atoms with Crippen molar-refractivity contribution in [3.8, 4) is 0 Å². The van der Waals surface area contributed by atoms with Crippen LogP contribution in [0.2, 0.25) is 0 Å². The molecule has 25 heavy (non-hydrogen) atoms. The van der Waals surface area contributed by atoms with Gasteiger partial charge < -0.3 is 14.5 Å². The fourth-order valence-electron chi connectivity index (χ4n) is 3.27. The number of hydrogen-bond donors (Lipinski definition) is 1. The van der Waals surface area contributed by atoms with Crippen molar-refractivity contribution in [3.63, 3.8) is 0 Å². The van der Waals surface area contributed by atoms with Crippen molar-refractivity contribution in [1.29, 1.82) is 0 Å². The second-order valence-corrected chi connectivity index (χ2v) is 6.47. The zero-order valence-corrected chi connectivity index (χ0v) is 14.0. The number of nitrogens with zero attached hydrogens (tertiary/aromatic N) is 1. The van der Waals surface area contributed by atoms with Gasteiger partial charge in [-0.25, -0.2) is 0 Å². The van der Waals surface area contributed by atoms with Crippen LogP contribution in [-0.4, -0.2) is 23.6 Å². The summed E-state index contributed by atoms with van der Waals surface area (Å²) in [6, 6.07) is 13.2. The van der Waals surface area contributed by atoms with Crippen molar-refractivity contribution in [3.05, 3.63) is 66.2 Å². The average Bonchev–Trinajstić information content (AvgIpc) is 3.26. The second kappa shape index (κ2) is 6.69. The van der Waals surface area contributed by atoms with Crippen molar-refractivity contribution in [2.24, 2.45) is 5.92 Å². The van der Waals surface area contributed by atoms with Crippen molar-refractivity contribution in [2.45, 2.75) is 25.5 Å². The first-order valence-electron chi connectivity index (χ1n) is 8.53. The Kier molecular flexibility index (Phi) is 4.24. The van der Waals surface area contributed by atoms with Gasteiger partial charge in [0, 0.05) is 24.4 Å². The molecule has 1 fully saturated rings. The van der Waals surface area contributed by atoms with Crippen LogP contribution < -0.4 is 5.32 Å². The van der Waals surface area contributed by atoms with E-state index in [1.165, 1.54) is 0 Å². The van der Waals surface area contributed by atoms with Crippen LogP contribution in [0.3, 0.4) is 0 Å². The number of carbonyl (C=O) groups is 1. The molecule has 0 bridgehead atoms. The third kappa shape index (κ3) is 3.15. The summed E-state index contributed by atoms with van der Waals surface area (Å²) in [5.74, 6) is 0.812. The molecule has 128 valence electrons. The Labute approximate surface area is 146 Å². The van der Waals surface area contributed by atoms with Crippen molar-refractivity contribution in [2.75, 3.05) is 6.61 Å². The first-order valence-corrected chi connectivity index (χ1v) is 8.53. The first kappa shape index (κ1) is 15.8. The molecule has 1 N–H and O–H groups in total. The number of fused-ring (bicyclic) bond motifs is 1. The quantitative estimate of drug-likeness (QED) is 0.792. The SMILES string of the molecule is CC1CCOC1C(=O)NC(c1ccncc1)c1cc2ccccc2o1. The number of aromatic nitrogens is 1. The summed E-state index contributed by atoms with van der Waals surface area (Å²) in [5.41, 5.74) is 1.73. The summed E-state index contributed by atoms with van der Waals surface area (Å²) in [6.45, 7) is 2.67. The fraction of sp³-hybridized carbons (Fsp3) is 0.300. The maximum atomic E-state index is 12.7. The number of furan rings is 1. The van der Waals surface area contributed by atoms with Crippen LogP contribution in [0.15, 0.2) is 59.3 Å². The summed E-state index contributed by atoms with van der Waals surface area (Å²) < 4.78 is 11.6. The number of hydrogen-bond acceptors (Lipinski definition) is 4. The lowest BCUT2D eigenvalue weighted by Crippen LogP contribution is -2.39. The fourth-order valence-corrected chi connectivity index (χ4v) is 3.27. The molecule has 3 unspecified atom stereocenters. The van der Waals surface area contributed by atoms with Gasteiger partial charge in [0.25, 0.3) is 0 Å². The van der Waals surface area contributed by atoms with E-state index in [0.29, 0.717) is 12.4 Å². The minimum atomic E-state index is -0.409. The van der Waals surface area contributed by atoms with Gasteiger partial charge in [-0.15, -0.1) is 0 Å². The topological polar surface area (TPSA) is 64.4 Å². The Morgan fingerprint density at radius 1 is 1.24 bits per heavy atom. The third-order valence-electron chi connectivity index (χ3n) is 4.70. The molecule has 3 atom stereocenters. The Bertz CT molecular complexity index is 842. The van der Waals surface area contributed by atoms with Crippen molar-refractivity contribution >= 4 is 16.9 Å². The van der Waals surface area contributed by atoms with Crippen molar-refractivity contribution < 1.29 is 13.9 Å². The highest BCUT2D eigenvalue weighted by molar-refractivity contribution is 5.83. The number of amides is 1. The summed E-state index contributed by atoms with van der Waals surface area (Å²) in [7, 11) is 0. The van der Waals surface area contributed by atoms with Crippen LogP contribution >= 0.6 is 0 Å². The predicted octanol–water partition coefficient (Wildman–Crippen LogP) is 3.46. The largest absolute Gasteiger partial charge is 0.459 e. The van der Waals surface area contributed by atoms with Gasteiger partial charge in [-0.1, -0.05) is 25.1 Å². The van der Waals surface area contributed by atoms with Gasteiger partial charge in [-0.3, -0.25) is 9.78 Å². The zero-order chi connectivity index (χ0) is 17.2. The molecule has 5 heteroatoms.